The standard InChI is InChI=1S/C22H26FN3O2/c1-16-5-3-6-18(13-16)22(28)26-10-4-9-25(11-12-26)15-21(27)24-19-8-7-17(2)20(23)14-19/h3,5-8,13-14H,4,9-12,15H2,1-2H3,(H,24,27). The first-order chi connectivity index (χ1) is 13.4. The molecule has 1 saturated heterocycles. The maximum Gasteiger partial charge on any atom is 0.253 e. The van der Waals surface area contributed by atoms with Crippen molar-refractivity contribution in [3.05, 3.63) is 65.0 Å². The molecule has 1 aliphatic heterocycles. The lowest BCUT2D eigenvalue weighted by Crippen LogP contribution is -2.38. The number of nitrogens with zero attached hydrogens (tertiary/aromatic N) is 2. The number of carbonyl (C=O) groups excluding carboxylic acids is 2. The van der Waals surface area contributed by atoms with Crippen molar-refractivity contribution in [3.63, 3.8) is 0 Å². The highest BCUT2D eigenvalue weighted by Gasteiger charge is 2.21. The molecule has 0 saturated carbocycles. The van der Waals surface area contributed by atoms with Gasteiger partial charge in [-0.3, -0.25) is 14.5 Å². The maximum atomic E-state index is 13.6. The summed E-state index contributed by atoms with van der Waals surface area (Å²) in [7, 11) is 0. The number of rotatable bonds is 4. The average molecular weight is 383 g/mol. The van der Waals surface area contributed by atoms with Crippen LogP contribution in [0.15, 0.2) is 42.5 Å². The first-order valence-electron chi connectivity index (χ1n) is 9.56. The van der Waals surface area contributed by atoms with Crippen LogP contribution in [0.25, 0.3) is 0 Å². The first-order valence-corrected chi connectivity index (χ1v) is 9.56. The van der Waals surface area contributed by atoms with Crippen LogP contribution in [-0.4, -0.2) is 54.3 Å². The molecule has 0 radical (unpaired) electrons. The highest BCUT2D eigenvalue weighted by atomic mass is 19.1. The van der Waals surface area contributed by atoms with E-state index in [0.29, 0.717) is 36.4 Å². The van der Waals surface area contributed by atoms with Crippen molar-refractivity contribution >= 4 is 17.5 Å². The van der Waals surface area contributed by atoms with Gasteiger partial charge in [-0.05, 0) is 50.1 Å². The van der Waals surface area contributed by atoms with Gasteiger partial charge in [-0.2, -0.15) is 0 Å². The summed E-state index contributed by atoms with van der Waals surface area (Å²) in [4.78, 5) is 28.9. The fraction of sp³-hybridized carbons (Fsp3) is 0.364. The largest absolute Gasteiger partial charge is 0.337 e. The molecule has 2 aromatic rings. The van der Waals surface area contributed by atoms with Crippen molar-refractivity contribution < 1.29 is 14.0 Å². The molecule has 0 bridgehead atoms. The summed E-state index contributed by atoms with van der Waals surface area (Å²) in [6.07, 6.45) is 0.810. The fourth-order valence-corrected chi connectivity index (χ4v) is 3.37. The van der Waals surface area contributed by atoms with Crippen molar-refractivity contribution in [2.45, 2.75) is 20.3 Å². The minimum Gasteiger partial charge on any atom is -0.337 e. The Morgan fingerprint density at radius 2 is 1.86 bits per heavy atom. The SMILES string of the molecule is Cc1cccc(C(=O)N2CCCN(CC(=O)Nc3ccc(C)c(F)c3)CC2)c1. The van der Waals surface area contributed by atoms with Crippen LogP contribution in [0.2, 0.25) is 0 Å². The molecule has 1 N–H and O–H groups in total. The van der Waals surface area contributed by atoms with E-state index in [1.807, 2.05) is 41.0 Å². The zero-order valence-corrected chi connectivity index (χ0v) is 16.4. The molecule has 5 nitrogen and oxygen atoms in total. The number of aryl methyl sites for hydroxylation is 2. The van der Waals surface area contributed by atoms with Gasteiger partial charge in [0.15, 0.2) is 0 Å². The highest BCUT2D eigenvalue weighted by molar-refractivity contribution is 5.94. The Morgan fingerprint density at radius 1 is 1.04 bits per heavy atom. The van der Waals surface area contributed by atoms with Gasteiger partial charge in [-0.1, -0.05) is 23.8 Å². The van der Waals surface area contributed by atoms with Crippen molar-refractivity contribution in [1.29, 1.82) is 0 Å². The van der Waals surface area contributed by atoms with Crippen molar-refractivity contribution in [3.8, 4) is 0 Å². The molecular weight excluding hydrogens is 357 g/mol. The summed E-state index contributed by atoms with van der Waals surface area (Å²) in [6, 6.07) is 12.3. The molecule has 0 aromatic heterocycles. The molecule has 0 unspecified atom stereocenters. The zero-order chi connectivity index (χ0) is 20.1. The molecule has 1 heterocycles. The fourth-order valence-electron chi connectivity index (χ4n) is 3.37. The summed E-state index contributed by atoms with van der Waals surface area (Å²) in [6.45, 7) is 6.51. The lowest BCUT2D eigenvalue weighted by atomic mass is 10.1. The van der Waals surface area contributed by atoms with Gasteiger partial charge < -0.3 is 10.2 Å². The Kier molecular flexibility index (Phi) is 6.41. The third kappa shape index (κ3) is 5.16. The van der Waals surface area contributed by atoms with Gasteiger partial charge in [0.2, 0.25) is 5.91 Å². The summed E-state index contributed by atoms with van der Waals surface area (Å²) in [5.74, 6) is -0.482. The molecule has 2 amide bonds. The number of halogens is 1. The van der Waals surface area contributed by atoms with Gasteiger partial charge in [-0.25, -0.2) is 4.39 Å². The number of hydrogen-bond donors (Lipinski definition) is 1. The lowest BCUT2D eigenvalue weighted by molar-refractivity contribution is -0.117. The van der Waals surface area contributed by atoms with E-state index >= 15 is 0 Å². The van der Waals surface area contributed by atoms with E-state index in [2.05, 4.69) is 5.32 Å². The Bertz CT molecular complexity index is 869. The minimum atomic E-state index is -0.335. The third-order valence-corrected chi connectivity index (χ3v) is 4.96. The lowest BCUT2D eigenvalue weighted by Gasteiger charge is -2.22. The maximum absolute atomic E-state index is 13.6. The van der Waals surface area contributed by atoms with Crippen LogP contribution in [0.1, 0.15) is 27.9 Å². The summed E-state index contributed by atoms with van der Waals surface area (Å²) in [5, 5.41) is 2.74. The molecule has 3 rings (SSSR count). The predicted octanol–water partition coefficient (Wildman–Crippen LogP) is 3.23. The van der Waals surface area contributed by atoms with E-state index in [-0.39, 0.29) is 24.2 Å². The van der Waals surface area contributed by atoms with Gasteiger partial charge >= 0.3 is 0 Å². The molecule has 2 aromatic carbocycles. The smallest absolute Gasteiger partial charge is 0.253 e. The van der Waals surface area contributed by atoms with Gasteiger partial charge in [0, 0.05) is 37.4 Å². The second-order valence-electron chi connectivity index (χ2n) is 7.30. The van der Waals surface area contributed by atoms with Crippen LogP contribution in [0.3, 0.4) is 0 Å². The van der Waals surface area contributed by atoms with E-state index in [0.717, 1.165) is 18.5 Å². The normalized spacial score (nSPS) is 15.2. The Labute approximate surface area is 165 Å². The number of carbonyl (C=O) groups is 2. The second kappa shape index (κ2) is 8.97. The summed E-state index contributed by atoms with van der Waals surface area (Å²) in [5.41, 5.74) is 2.77. The van der Waals surface area contributed by atoms with Crippen LogP contribution in [0.5, 0.6) is 0 Å². The van der Waals surface area contributed by atoms with E-state index in [1.165, 1.54) is 6.07 Å². The molecule has 148 valence electrons. The summed E-state index contributed by atoms with van der Waals surface area (Å²) < 4.78 is 13.6. The Balaban J connectivity index is 1.54. The summed E-state index contributed by atoms with van der Waals surface area (Å²) >= 11 is 0. The number of anilines is 1. The molecule has 28 heavy (non-hydrogen) atoms. The van der Waals surface area contributed by atoms with E-state index in [4.69, 9.17) is 0 Å². The molecule has 0 aliphatic carbocycles. The number of hydrogen-bond acceptors (Lipinski definition) is 3. The van der Waals surface area contributed by atoms with Gasteiger partial charge in [0.25, 0.3) is 5.91 Å². The topological polar surface area (TPSA) is 52.7 Å². The molecule has 0 atom stereocenters. The van der Waals surface area contributed by atoms with E-state index in [1.54, 1.807) is 19.1 Å². The van der Waals surface area contributed by atoms with Crippen molar-refractivity contribution in [1.82, 2.24) is 9.80 Å². The molecule has 1 aliphatic rings. The molecular formula is C22H26FN3O2. The van der Waals surface area contributed by atoms with E-state index < -0.39 is 0 Å². The van der Waals surface area contributed by atoms with Gasteiger partial charge in [-0.15, -0.1) is 0 Å². The minimum absolute atomic E-state index is 0.0325. The van der Waals surface area contributed by atoms with Crippen LogP contribution in [0, 0.1) is 19.7 Å². The van der Waals surface area contributed by atoms with Gasteiger partial charge in [0.05, 0.1) is 6.54 Å². The quantitative estimate of drug-likeness (QED) is 0.882. The Morgan fingerprint density at radius 3 is 2.61 bits per heavy atom. The van der Waals surface area contributed by atoms with E-state index in [9.17, 15) is 14.0 Å². The van der Waals surface area contributed by atoms with Crippen LogP contribution in [-0.2, 0) is 4.79 Å². The number of nitrogens with one attached hydrogen (secondary N) is 1. The molecule has 6 heteroatoms. The van der Waals surface area contributed by atoms with Crippen LogP contribution < -0.4 is 5.32 Å². The zero-order valence-electron chi connectivity index (χ0n) is 16.4. The molecule has 1 fully saturated rings. The Hall–Kier alpha value is -2.73. The van der Waals surface area contributed by atoms with Crippen LogP contribution >= 0.6 is 0 Å². The predicted molar refractivity (Wildman–Crippen MR) is 108 cm³/mol. The number of benzene rings is 2. The highest BCUT2D eigenvalue weighted by Crippen LogP contribution is 2.14. The van der Waals surface area contributed by atoms with Gasteiger partial charge in [0.1, 0.15) is 5.82 Å². The number of amides is 2. The average Bonchev–Trinajstić information content (AvgIpc) is 2.89. The monoisotopic (exact) mass is 383 g/mol. The first kappa shape index (κ1) is 20.0. The molecule has 0 spiro atoms. The second-order valence-corrected chi connectivity index (χ2v) is 7.30. The van der Waals surface area contributed by atoms with Crippen LogP contribution in [0.4, 0.5) is 10.1 Å². The van der Waals surface area contributed by atoms with Crippen molar-refractivity contribution in [2.75, 3.05) is 38.0 Å². The van der Waals surface area contributed by atoms with Crippen molar-refractivity contribution in [2.24, 2.45) is 0 Å². The third-order valence-electron chi connectivity index (χ3n) is 4.96.